The normalized spacial score (nSPS) is 10.8. The first-order chi connectivity index (χ1) is 9.79. The molecule has 1 aromatic carbocycles. The predicted octanol–water partition coefficient (Wildman–Crippen LogP) is 2.32. The second kappa shape index (κ2) is 7.28. The lowest BCUT2D eigenvalue weighted by atomic mass is 10.1. The summed E-state index contributed by atoms with van der Waals surface area (Å²) in [4.78, 5) is 15.7. The minimum atomic E-state index is -0.0925. The highest BCUT2D eigenvalue weighted by molar-refractivity contribution is 5.87. The molecule has 0 radical (unpaired) electrons. The molecule has 4 nitrogen and oxygen atoms in total. The van der Waals surface area contributed by atoms with Crippen LogP contribution in [0.2, 0.25) is 0 Å². The zero-order chi connectivity index (χ0) is 14.2. The smallest absolute Gasteiger partial charge is 0.244 e. The summed E-state index contributed by atoms with van der Waals surface area (Å²) in [6.07, 6.45) is 7.89. The number of nitrogens with one attached hydrogen (secondary N) is 1. The first kappa shape index (κ1) is 14.1. The van der Waals surface area contributed by atoms with Crippen LogP contribution in [0.25, 0.3) is 0 Å². The van der Waals surface area contributed by atoms with Gasteiger partial charge in [0, 0.05) is 18.9 Å². The van der Waals surface area contributed by atoms with Gasteiger partial charge in [-0.25, -0.2) is 4.98 Å². The average molecular weight is 269 g/mol. The summed E-state index contributed by atoms with van der Waals surface area (Å²) >= 11 is 0. The number of amides is 1. The molecule has 0 bridgehead atoms. The Labute approximate surface area is 119 Å². The Morgan fingerprint density at radius 3 is 2.90 bits per heavy atom. The highest BCUT2D eigenvalue weighted by atomic mass is 16.1. The number of carbonyl (C=O) groups is 1. The number of imidazole rings is 1. The fraction of sp³-hybridized carbons (Fsp3) is 0.250. The van der Waals surface area contributed by atoms with Crippen molar-refractivity contribution in [2.24, 2.45) is 0 Å². The van der Waals surface area contributed by atoms with E-state index in [1.54, 1.807) is 12.3 Å². The van der Waals surface area contributed by atoms with Crippen LogP contribution in [0.15, 0.2) is 54.9 Å². The second-order valence-corrected chi connectivity index (χ2v) is 4.49. The Bertz CT molecular complexity index is 572. The highest BCUT2D eigenvalue weighted by Gasteiger charge is 2.04. The lowest BCUT2D eigenvalue weighted by Crippen LogP contribution is -2.22. The number of allylic oxidation sites excluding steroid dienone is 1. The Morgan fingerprint density at radius 1 is 1.35 bits per heavy atom. The van der Waals surface area contributed by atoms with E-state index in [1.165, 1.54) is 11.6 Å². The van der Waals surface area contributed by atoms with Gasteiger partial charge < -0.3 is 9.88 Å². The number of hydrogen-bond donors (Lipinski definition) is 1. The number of rotatable bonds is 6. The molecule has 1 aromatic heterocycles. The topological polar surface area (TPSA) is 46.9 Å². The van der Waals surface area contributed by atoms with Crippen molar-refractivity contribution in [2.45, 2.75) is 26.4 Å². The van der Waals surface area contributed by atoms with Crippen molar-refractivity contribution in [3.05, 3.63) is 66.3 Å². The minimum absolute atomic E-state index is 0.0925. The molecule has 1 N–H and O–H groups in total. The molecular formula is C16H19N3O. The molecule has 2 aromatic rings. The molecule has 1 heterocycles. The quantitative estimate of drug-likeness (QED) is 0.818. The van der Waals surface area contributed by atoms with E-state index in [2.05, 4.69) is 27.0 Å². The zero-order valence-electron chi connectivity index (χ0n) is 11.6. The molecule has 0 aliphatic heterocycles. The molecular weight excluding hydrogens is 250 g/mol. The molecule has 0 saturated carbocycles. The van der Waals surface area contributed by atoms with E-state index in [1.807, 2.05) is 31.3 Å². The monoisotopic (exact) mass is 269 g/mol. The number of carbonyl (C=O) groups excluding carboxylic acids is 1. The van der Waals surface area contributed by atoms with Crippen LogP contribution in [0.3, 0.4) is 0 Å². The molecule has 20 heavy (non-hydrogen) atoms. The third kappa shape index (κ3) is 4.09. The van der Waals surface area contributed by atoms with Gasteiger partial charge in [0.2, 0.25) is 5.91 Å². The Morgan fingerprint density at radius 2 is 2.15 bits per heavy atom. The van der Waals surface area contributed by atoms with E-state index in [4.69, 9.17) is 0 Å². The molecule has 0 atom stereocenters. The standard InChI is InChI=1S/C16H19N3O/c1-2-6-16(20)18-13-15-17-10-12-19(15)11-9-14-7-4-3-5-8-14/h2-8,10,12H,9,11,13H2,1H3,(H,18,20). The second-order valence-electron chi connectivity index (χ2n) is 4.49. The number of benzene rings is 1. The van der Waals surface area contributed by atoms with E-state index in [0.717, 1.165) is 18.8 Å². The molecule has 104 valence electrons. The minimum Gasteiger partial charge on any atom is -0.345 e. The fourth-order valence-electron chi connectivity index (χ4n) is 1.98. The molecule has 4 heteroatoms. The van der Waals surface area contributed by atoms with Crippen LogP contribution in [-0.4, -0.2) is 15.5 Å². The van der Waals surface area contributed by atoms with Crippen molar-refractivity contribution in [1.82, 2.24) is 14.9 Å². The molecule has 0 fully saturated rings. The average Bonchev–Trinajstić information content (AvgIpc) is 2.92. The largest absolute Gasteiger partial charge is 0.345 e. The number of aromatic nitrogens is 2. The lowest BCUT2D eigenvalue weighted by molar-refractivity contribution is -0.116. The van der Waals surface area contributed by atoms with Crippen LogP contribution < -0.4 is 5.32 Å². The van der Waals surface area contributed by atoms with Crippen molar-refractivity contribution in [3.63, 3.8) is 0 Å². The van der Waals surface area contributed by atoms with Crippen molar-refractivity contribution in [1.29, 1.82) is 0 Å². The summed E-state index contributed by atoms with van der Waals surface area (Å²) in [6, 6.07) is 10.3. The van der Waals surface area contributed by atoms with Gasteiger partial charge in [0.25, 0.3) is 0 Å². The van der Waals surface area contributed by atoms with Gasteiger partial charge in [-0.3, -0.25) is 4.79 Å². The summed E-state index contributed by atoms with van der Waals surface area (Å²) in [5.74, 6) is 0.781. The van der Waals surface area contributed by atoms with Crippen molar-refractivity contribution >= 4 is 5.91 Å². The summed E-state index contributed by atoms with van der Waals surface area (Å²) in [6.45, 7) is 3.13. The third-order valence-electron chi connectivity index (χ3n) is 3.02. The van der Waals surface area contributed by atoms with Gasteiger partial charge in [0.15, 0.2) is 0 Å². The van der Waals surface area contributed by atoms with Crippen molar-refractivity contribution in [3.8, 4) is 0 Å². The van der Waals surface area contributed by atoms with E-state index in [9.17, 15) is 4.79 Å². The maximum atomic E-state index is 11.4. The van der Waals surface area contributed by atoms with Crippen LogP contribution in [0.1, 0.15) is 18.3 Å². The van der Waals surface area contributed by atoms with E-state index in [0.29, 0.717) is 6.54 Å². The van der Waals surface area contributed by atoms with Crippen molar-refractivity contribution in [2.75, 3.05) is 0 Å². The van der Waals surface area contributed by atoms with Gasteiger partial charge in [-0.05, 0) is 25.0 Å². The SMILES string of the molecule is CC=CC(=O)NCc1nccn1CCc1ccccc1. The first-order valence-electron chi connectivity index (χ1n) is 6.74. The van der Waals surface area contributed by atoms with Crippen LogP contribution in [-0.2, 0) is 24.3 Å². The van der Waals surface area contributed by atoms with E-state index >= 15 is 0 Å². The first-order valence-corrected chi connectivity index (χ1v) is 6.74. The molecule has 0 spiro atoms. The van der Waals surface area contributed by atoms with Gasteiger partial charge in [0.05, 0.1) is 6.54 Å². The van der Waals surface area contributed by atoms with E-state index in [-0.39, 0.29) is 5.91 Å². The maximum absolute atomic E-state index is 11.4. The molecule has 0 aliphatic rings. The summed E-state index contributed by atoms with van der Waals surface area (Å²) in [7, 11) is 0. The van der Waals surface area contributed by atoms with E-state index < -0.39 is 0 Å². The van der Waals surface area contributed by atoms with Gasteiger partial charge in [-0.15, -0.1) is 0 Å². The lowest BCUT2D eigenvalue weighted by Gasteiger charge is -2.08. The maximum Gasteiger partial charge on any atom is 0.244 e. The van der Waals surface area contributed by atoms with Gasteiger partial charge in [0.1, 0.15) is 5.82 Å². The summed E-state index contributed by atoms with van der Waals surface area (Å²) < 4.78 is 2.07. The summed E-state index contributed by atoms with van der Waals surface area (Å²) in [5.41, 5.74) is 1.30. The number of hydrogen-bond acceptors (Lipinski definition) is 2. The molecule has 0 aliphatic carbocycles. The third-order valence-corrected chi connectivity index (χ3v) is 3.02. The molecule has 1 amide bonds. The number of nitrogens with zero attached hydrogens (tertiary/aromatic N) is 2. The Kier molecular flexibility index (Phi) is 5.12. The highest BCUT2D eigenvalue weighted by Crippen LogP contribution is 2.04. The predicted molar refractivity (Wildman–Crippen MR) is 79.0 cm³/mol. The van der Waals surface area contributed by atoms with Gasteiger partial charge in [-0.1, -0.05) is 36.4 Å². The van der Waals surface area contributed by atoms with Crippen LogP contribution in [0.4, 0.5) is 0 Å². The fourth-order valence-corrected chi connectivity index (χ4v) is 1.98. The number of aryl methyl sites for hydroxylation is 2. The van der Waals surface area contributed by atoms with Crippen LogP contribution in [0.5, 0.6) is 0 Å². The summed E-state index contributed by atoms with van der Waals surface area (Å²) in [5, 5.41) is 2.82. The molecule has 2 rings (SSSR count). The molecule has 0 unspecified atom stereocenters. The van der Waals surface area contributed by atoms with Crippen molar-refractivity contribution < 1.29 is 4.79 Å². The van der Waals surface area contributed by atoms with Crippen LogP contribution in [0, 0.1) is 0 Å². The Balaban J connectivity index is 1.90. The zero-order valence-corrected chi connectivity index (χ0v) is 11.6. The van der Waals surface area contributed by atoms with Crippen LogP contribution >= 0.6 is 0 Å². The van der Waals surface area contributed by atoms with Gasteiger partial charge >= 0.3 is 0 Å². The molecule has 0 saturated heterocycles. The Hall–Kier alpha value is -2.36. The van der Waals surface area contributed by atoms with Gasteiger partial charge in [-0.2, -0.15) is 0 Å².